The Morgan fingerprint density at radius 2 is 1.22 bits per heavy atom. The Hall–Kier alpha value is -5.32. The van der Waals surface area contributed by atoms with Gasteiger partial charge in [-0.2, -0.15) is 0 Å². The van der Waals surface area contributed by atoms with Crippen LogP contribution in [0.3, 0.4) is 0 Å². The Bertz CT molecular complexity index is 2280. The van der Waals surface area contributed by atoms with Gasteiger partial charge in [0, 0.05) is 59.0 Å². The summed E-state index contributed by atoms with van der Waals surface area (Å²) in [6, 6.07) is 42.9. The van der Waals surface area contributed by atoms with Gasteiger partial charge >= 0.3 is 0 Å². The van der Waals surface area contributed by atoms with Gasteiger partial charge in [0.1, 0.15) is 5.75 Å². The van der Waals surface area contributed by atoms with Gasteiger partial charge in [0.2, 0.25) is 0 Å². The fourth-order valence-corrected chi connectivity index (χ4v) is 8.97. The Kier molecular flexibility index (Phi) is 17.1. The molecule has 5 aromatic rings. The van der Waals surface area contributed by atoms with Crippen molar-refractivity contribution in [1.29, 1.82) is 0 Å². The third-order valence-electron chi connectivity index (χ3n) is 12.7. The van der Waals surface area contributed by atoms with Crippen molar-refractivity contribution in [3.8, 4) is 5.75 Å². The maximum Gasteiger partial charge on any atom is 0.257 e. The zero-order valence-electron chi connectivity index (χ0n) is 39.6. The predicted octanol–water partition coefficient (Wildman–Crippen LogP) is 12.3. The fraction of sp³-hybridized carbons (Fsp3) is 0.382. The number of hydrogen-bond donors (Lipinski definition) is 1. The van der Waals surface area contributed by atoms with Crippen LogP contribution < -0.4 is 4.74 Å². The molecule has 9 heteroatoms. The topological polar surface area (TPSA) is 88.5 Å². The number of methoxy groups -OCH3 is 1. The quantitative estimate of drug-likeness (QED) is 0.0603. The number of benzene rings is 5. The van der Waals surface area contributed by atoms with E-state index in [-0.39, 0.29) is 22.8 Å². The first-order valence-corrected chi connectivity index (χ1v) is 25.7. The highest BCUT2D eigenvalue weighted by atomic mass is 28.4. The van der Waals surface area contributed by atoms with Crippen molar-refractivity contribution >= 4 is 20.1 Å². The van der Waals surface area contributed by atoms with E-state index in [1.807, 2.05) is 114 Å². The van der Waals surface area contributed by atoms with Crippen LogP contribution in [0.2, 0.25) is 18.1 Å². The number of nitrogens with zero attached hydrogens (tertiary/aromatic N) is 2. The van der Waals surface area contributed by atoms with E-state index in [4.69, 9.17) is 13.9 Å². The van der Waals surface area contributed by atoms with Gasteiger partial charge < -0.3 is 28.8 Å². The molecule has 2 unspecified atom stereocenters. The molecule has 0 spiro atoms. The smallest absolute Gasteiger partial charge is 0.257 e. The summed E-state index contributed by atoms with van der Waals surface area (Å²) in [7, 11) is -0.157. The van der Waals surface area contributed by atoms with Crippen LogP contribution in [-0.2, 0) is 20.6 Å². The van der Waals surface area contributed by atoms with E-state index in [0.29, 0.717) is 49.4 Å². The second-order valence-corrected chi connectivity index (χ2v) is 22.9. The molecule has 0 radical (unpaired) electrons. The number of hydrogen-bond acceptors (Lipinski definition) is 6. The van der Waals surface area contributed by atoms with Crippen molar-refractivity contribution in [2.45, 2.75) is 103 Å². The van der Waals surface area contributed by atoms with Crippen LogP contribution in [0.25, 0.3) is 0 Å². The molecule has 2 aliphatic heterocycles. The number of unbranched alkanes of at least 4 members (excludes halogenated alkanes) is 1. The minimum Gasteiger partial charge on any atom is -0.497 e. The maximum absolute atomic E-state index is 13.5. The summed E-state index contributed by atoms with van der Waals surface area (Å²) < 4.78 is 18.4. The lowest BCUT2D eigenvalue weighted by atomic mass is 9.92. The molecule has 1 N–H and O–H groups in total. The van der Waals surface area contributed by atoms with Crippen LogP contribution in [0.5, 0.6) is 5.75 Å². The van der Waals surface area contributed by atoms with E-state index in [2.05, 4.69) is 85.5 Å². The number of carbonyl (C=O) groups is 2. The van der Waals surface area contributed by atoms with E-state index in [0.717, 1.165) is 41.7 Å². The van der Waals surface area contributed by atoms with Gasteiger partial charge in [0.25, 0.3) is 11.8 Å². The lowest BCUT2D eigenvalue weighted by molar-refractivity contribution is -0.111. The van der Waals surface area contributed by atoms with Gasteiger partial charge in [-0.3, -0.25) is 9.59 Å². The highest BCUT2D eigenvalue weighted by Gasteiger charge is 2.52. The molecule has 2 amide bonds. The summed E-state index contributed by atoms with van der Waals surface area (Å²) >= 11 is 0. The molecular weight excluding hydrogens is 813 g/mol. The van der Waals surface area contributed by atoms with Gasteiger partial charge in [0.15, 0.2) is 19.8 Å². The molecule has 64 heavy (non-hydrogen) atoms. The minimum absolute atomic E-state index is 0.0370. The molecule has 0 fully saturated rings. The van der Waals surface area contributed by atoms with E-state index < -0.39 is 19.8 Å². The molecule has 340 valence electrons. The summed E-state index contributed by atoms with van der Waals surface area (Å²) in [5.41, 5.74) is 3.37. The third kappa shape index (κ3) is 10.6. The predicted molar refractivity (Wildman–Crippen MR) is 262 cm³/mol. The molecule has 0 aromatic heterocycles. The molecule has 2 heterocycles. The third-order valence-corrected chi connectivity index (χ3v) is 17.2. The molecule has 0 saturated carbocycles. The van der Waals surface area contributed by atoms with Crippen molar-refractivity contribution < 1.29 is 28.6 Å². The summed E-state index contributed by atoms with van der Waals surface area (Å²) in [5, 5.41) is 11.9. The maximum atomic E-state index is 13.5. The van der Waals surface area contributed by atoms with Crippen molar-refractivity contribution in [2.24, 2.45) is 0 Å². The molecule has 5 aromatic carbocycles. The summed E-state index contributed by atoms with van der Waals surface area (Å²) in [5.74, 6) is 0.894. The standard InChI is InChI=1S/C28H31NO3.C23H31NO3Si.C4H8/c1-4-5-19-29-27(30)25-13-9-10-14-26(25)28(29,23-11-7-6-8-12-23)32-20-21(2)22-15-17-24(31-3)18-16-22;1-22(2,3)28(4,5)27-17-11-16-24-21(25)19-14-9-10-15-20(19)23(24,26)18-12-7-6-8-13-18;1-3-4-2/h6-18,21H,4-5,19-20H2,1-3H3;6-10,12-15,26H,11,16-17H2,1-5H3;3H,1,4H2,2H3/t21-,28?;;/m0../s1. The average molecular weight is 883 g/mol. The molecule has 0 saturated heterocycles. The Balaban J connectivity index is 0.000000224. The average Bonchev–Trinajstić information content (AvgIpc) is 3.69. The van der Waals surface area contributed by atoms with Crippen LogP contribution in [-0.4, -0.2) is 68.5 Å². The number of fused-ring (bicyclic) bond motifs is 2. The van der Waals surface area contributed by atoms with Crippen LogP contribution >= 0.6 is 0 Å². The number of rotatable bonds is 16. The van der Waals surface area contributed by atoms with E-state index in [1.54, 1.807) is 18.1 Å². The number of carbonyl (C=O) groups excluding carboxylic acids is 2. The molecule has 0 aliphatic carbocycles. The number of allylic oxidation sites excluding steroid dienone is 1. The molecule has 8 nitrogen and oxygen atoms in total. The van der Waals surface area contributed by atoms with Crippen LogP contribution in [0, 0.1) is 0 Å². The SMILES string of the molecule is C=CCC.CC(C)(C)[Si](C)(C)OCCCN1C(=O)c2ccccc2C1(O)c1ccccc1.CCCCN1C(=O)c2ccccc2C1(OC[C@H](C)c1ccc(OC)cc1)c1ccccc1. The lowest BCUT2D eigenvalue weighted by Gasteiger charge is -2.40. The van der Waals surface area contributed by atoms with Crippen molar-refractivity contribution in [1.82, 2.24) is 9.80 Å². The molecule has 2 aliphatic rings. The Labute approximate surface area is 384 Å². The largest absolute Gasteiger partial charge is 0.497 e. The van der Waals surface area contributed by atoms with Crippen LogP contribution in [0.1, 0.15) is 122 Å². The first kappa shape index (κ1) is 49.7. The summed E-state index contributed by atoms with van der Waals surface area (Å²) in [6.45, 7) is 23.1. The van der Waals surface area contributed by atoms with Gasteiger partial charge in [-0.15, -0.1) is 6.58 Å². The monoisotopic (exact) mass is 883 g/mol. The summed E-state index contributed by atoms with van der Waals surface area (Å²) in [4.78, 5) is 30.1. The van der Waals surface area contributed by atoms with E-state index in [1.165, 1.54) is 5.56 Å². The van der Waals surface area contributed by atoms with Gasteiger partial charge in [-0.05, 0) is 67.2 Å². The van der Waals surface area contributed by atoms with E-state index >= 15 is 0 Å². The highest BCUT2D eigenvalue weighted by molar-refractivity contribution is 6.74. The number of aliphatic hydroxyl groups is 1. The van der Waals surface area contributed by atoms with E-state index in [9.17, 15) is 14.7 Å². The molecule has 7 rings (SSSR count). The van der Waals surface area contributed by atoms with Gasteiger partial charge in [-0.1, -0.05) is 163 Å². The van der Waals surface area contributed by atoms with Crippen molar-refractivity contribution in [2.75, 3.05) is 33.4 Å². The second kappa shape index (κ2) is 22.0. The normalized spacial score (nSPS) is 18.3. The fourth-order valence-electron chi connectivity index (χ4n) is 7.89. The highest BCUT2D eigenvalue weighted by Crippen LogP contribution is 2.46. The zero-order chi connectivity index (χ0) is 46.5. The summed E-state index contributed by atoms with van der Waals surface area (Å²) in [6.07, 6.45) is 5.57. The Morgan fingerprint density at radius 1 is 0.719 bits per heavy atom. The molecule has 0 bridgehead atoms. The van der Waals surface area contributed by atoms with Gasteiger partial charge in [0.05, 0.1) is 13.7 Å². The van der Waals surface area contributed by atoms with Crippen LogP contribution in [0.15, 0.2) is 146 Å². The van der Waals surface area contributed by atoms with Crippen molar-refractivity contribution in [3.05, 3.63) is 185 Å². The molecule has 3 atom stereocenters. The minimum atomic E-state index is -1.83. The Morgan fingerprint density at radius 3 is 1.77 bits per heavy atom. The zero-order valence-corrected chi connectivity index (χ0v) is 40.6. The van der Waals surface area contributed by atoms with Crippen molar-refractivity contribution in [3.63, 3.8) is 0 Å². The number of ether oxygens (including phenoxy) is 2. The number of amides is 2. The lowest BCUT2D eigenvalue weighted by Crippen LogP contribution is -2.48. The van der Waals surface area contributed by atoms with Gasteiger partial charge in [-0.25, -0.2) is 0 Å². The first-order chi connectivity index (χ1) is 30.6. The van der Waals surface area contributed by atoms with Crippen LogP contribution in [0.4, 0.5) is 0 Å². The molecular formula is C55H70N2O6Si. The second-order valence-electron chi connectivity index (χ2n) is 18.1. The first-order valence-electron chi connectivity index (χ1n) is 22.8.